The Bertz CT molecular complexity index is 431. The monoisotopic (exact) mass is 291 g/mol. The molecule has 0 aromatic carbocycles. The van der Waals surface area contributed by atoms with E-state index >= 15 is 0 Å². The Labute approximate surface area is 113 Å². The van der Waals surface area contributed by atoms with E-state index < -0.39 is 10.2 Å². The van der Waals surface area contributed by atoms with Crippen LogP contribution in [0.3, 0.4) is 0 Å². The zero-order valence-electron chi connectivity index (χ0n) is 10.9. The highest BCUT2D eigenvalue weighted by atomic mass is 32.2. The van der Waals surface area contributed by atoms with Gasteiger partial charge in [0.15, 0.2) is 0 Å². The van der Waals surface area contributed by atoms with Gasteiger partial charge in [-0.25, -0.2) is 0 Å². The lowest BCUT2D eigenvalue weighted by Gasteiger charge is -2.24. The van der Waals surface area contributed by atoms with E-state index in [2.05, 4.69) is 0 Å². The Hall–Kier alpha value is -0.470. The lowest BCUT2D eigenvalue weighted by molar-refractivity contribution is 0.392. The van der Waals surface area contributed by atoms with Gasteiger partial charge < -0.3 is 5.73 Å². The van der Waals surface area contributed by atoms with Crippen molar-refractivity contribution in [3.05, 3.63) is 22.4 Å². The summed E-state index contributed by atoms with van der Waals surface area (Å²) in [5.41, 5.74) is 5.39. The number of likely N-dealkylation sites (N-methyl/N-ethyl adjacent to an activating group) is 1. The number of thiophene rings is 1. The first-order chi connectivity index (χ1) is 8.48. The minimum absolute atomic E-state index is 0.460. The van der Waals surface area contributed by atoms with E-state index in [9.17, 15) is 8.42 Å². The first kappa shape index (κ1) is 15.6. The van der Waals surface area contributed by atoms with Crippen LogP contribution in [-0.4, -0.2) is 50.8 Å². The molecule has 1 aromatic rings. The second-order valence-corrected chi connectivity index (χ2v) is 7.30. The normalized spacial score (nSPS) is 12.5. The molecule has 0 atom stereocenters. The summed E-state index contributed by atoms with van der Waals surface area (Å²) in [6.07, 6.45) is 1.42. The molecule has 0 spiro atoms. The average Bonchev–Trinajstić information content (AvgIpc) is 2.85. The van der Waals surface area contributed by atoms with Crippen molar-refractivity contribution in [3.8, 4) is 0 Å². The predicted octanol–water partition coefficient (Wildman–Crippen LogP) is 0.748. The fraction of sp³-hybridized carbons (Fsp3) is 0.636. The second-order valence-electron chi connectivity index (χ2n) is 4.12. The van der Waals surface area contributed by atoms with Crippen LogP contribution in [-0.2, 0) is 16.6 Å². The van der Waals surface area contributed by atoms with Gasteiger partial charge in [-0.2, -0.15) is 17.0 Å². The summed E-state index contributed by atoms with van der Waals surface area (Å²) in [5.74, 6) is 0. The Morgan fingerprint density at radius 2 is 1.94 bits per heavy atom. The van der Waals surface area contributed by atoms with Gasteiger partial charge in [-0.3, -0.25) is 0 Å². The summed E-state index contributed by atoms with van der Waals surface area (Å²) in [4.78, 5) is 1.20. The third kappa shape index (κ3) is 4.33. The highest BCUT2D eigenvalue weighted by molar-refractivity contribution is 7.86. The number of nitrogens with two attached hydrogens (primary N) is 1. The van der Waals surface area contributed by atoms with E-state index in [1.807, 2.05) is 17.5 Å². The Morgan fingerprint density at radius 1 is 1.28 bits per heavy atom. The fourth-order valence-corrected chi connectivity index (χ4v) is 3.36. The van der Waals surface area contributed by atoms with E-state index in [4.69, 9.17) is 5.73 Å². The SMILES string of the molecule is CN(CCCN)S(=O)(=O)N(C)CCc1cccs1. The lowest BCUT2D eigenvalue weighted by Crippen LogP contribution is -2.41. The summed E-state index contributed by atoms with van der Waals surface area (Å²) in [6.45, 7) is 1.46. The van der Waals surface area contributed by atoms with E-state index in [0.717, 1.165) is 6.42 Å². The molecule has 0 amide bonds. The van der Waals surface area contributed by atoms with Gasteiger partial charge in [0.2, 0.25) is 0 Å². The summed E-state index contributed by atoms with van der Waals surface area (Å²) < 4.78 is 27.0. The van der Waals surface area contributed by atoms with Crippen molar-refractivity contribution in [2.24, 2.45) is 5.73 Å². The maximum Gasteiger partial charge on any atom is 0.281 e. The van der Waals surface area contributed by atoms with Crippen molar-refractivity contribution >= 4 is 21.5 Å². The number of hydrogen-bond donors (Lipinski definition) is 1. The largest absolute Gasteiger partial charge is 0.330 e. The Balaban J connectivity index is 2.50. The van der Waals surface area contributed by atoms with Gasteiger partial charge in [0.05, 0.1) is 0 Å². The average molecular weight is 291 g/mol. The Kier molecular flexibility index (Phi) is 6.24. The summed E-state index contributed by atoms with van der Waals surface area (Å²) >= 11 is 1.65. The molecule has 1 aromatic heterocycles. The van der Waals surface area contributed by atoms with E-state index in [1.54, 1.807) is 25.4 Å². The molecule has 104 valence electrons. The van der Waals surface area contributed by atoms with Crippen LogP contribution < -0.4 is 5.73 Å². The summed E-state index contributed by atoms with van der Waals surface area (Å²) in [6, 6.07) is 3.99. The van der Waals surface area contributed by atoms with Crippen LogP contribution in [0.5, 0.6) is 0 Å². The quantitative estimate of drug-likeness (QED) is 0.768. The highest BCUT2D eigenvalue weighted by Crippen LogP contribution is 2.11. The number of rotatable bonds is 8. The van der Waals surface area contributed by atoms with Gasteiger partial charge in [-0.05, 0) is 30.8 Å². The molecule has 0 aliphatic heterocycles. The minimum atomic E-state index is -3.35. The van der Waals surface area contributed by atoms with Crippen LogP contribution in [0, 0.1) is 0 Å². The molecule has 0 aliphatic carbocycles. The minimum Gasteiger partial charge on any atom is -0.330 e. The predicted molar refractivity (Wildman–Crippen MR) is 75.9 cm³/mol. The standard InChI is InChI=1S/C11H21N3O2S2/c1-13(8-4-7-12)18(15,16)14(2)9-6-11-5-3-10-17-11/h3,5,10H,4,6-9,12H2,1-2H3. The van der Waals surface area contributed by atoms with Crippen molar-refractivity contribution in [3.63, 3.8) is 0 Å². The van der Waals surface area contributed by atoms with E-state index in [-0.39, 0.29) is 0 Å². The van der Waals surface area contributed by atoms with Crippen LogP contribution in [0.1, 0.15) is 11.3 Å². The zero-order valence-corrected chi connectivity index (χ0v) is 12.5. The number of hydrogen-bond acceptors (Lipinski definition) is 4. The zero-order chi connectivity index (χ0) is 13.6. The maximum atomic E-state index is 12.1. The molecule has 18 heavy (non-hydrogen) atoms. The molecule has 5 nitrogen and oxygen atoms in total. The van der Waals surface area contributed by atoms with Crippen LogP contribution in [0.15, 0.2) is 17.5 Å². The van der Waals surface area contributed by atoms with Crippen molar-refractivity contribution < 1.29 is 8.42 Å². The first-order valence-electron chi connectivity index (χ1n) is 5.88. The van der Waals surface area contributed by atoms with Crippen molar-refractivity contribution in [2.75, 3.05) is 33.7 Å². The summed E-state index contributed by atoms with van der Waals surface area (Å²) in [7, 11) is -0.146. The van der Waals surface area contributed by atoms with E-state index in [0.29, 0.717) is 26.1 Å². The molecule has 0 aliphatic rings. The van der Waals surface area contributed by atoms with Gasteiger partial charge in [-0.1, -0.05) is 6.07 Å². The molecule has 0 saturated carbocycles. The van der Waals surface area contributed by atoms with Gasteiger partial charge in [0.25, 0.3) is 10.2 Å². The first-order valence-corrected chi connectivity index (χ1v) is 8.16. The van der Waals surface area contributed by atoms with Crippen LogP contribution in [0.25, 0.3) is 0 Å². The van der Waals surface area contributed by atoms with Crippen molar-refractivity contribution in [1.29, 1.82) is 0 Å². The topological polar surface area (TPSA) is 66.6 Å². The van der Waals surface area contributed by atoms with Crippen LogP contribution in [0.4, 0.5) is 0 Å². The Morgan fingerprint density at radius 3 is 2.50 bits per heavy atom. The van der Waals surface area contributed by atoms with Gasteiger partial charge in [0.1, 0.15) is 0 Å². The second kappa shape index (κ2) is 7.20. The fourth-order valence-electron chi connectivity index (χ4n) is 1.51. The summed E-state index contributed by atoms with van der Waals surface area (Å²) in [5, 5.41) is 2.00. The van der Waals surface area contributed by atoms with Crippen molar-refractivity contribution in [2.45, 2.75) is 12.8 Å². The van der Waals surface area contributed by atoms with Gasteiger partial charge in [-0.15, -0.1) is 11.3 Å². The van der Waals surface area contributed by atoms with Gasteiger partial charge >= 0.3 is 0 Å². The highest BCUT2D eigenvalue weighted by Gasteiger charge is 2.22. The molecule has 1 heterocycles. The molecule has 2 N–H and O–H groups in total. The molecular weight excluding hydrogens is 270 g/mol. The molecule has 0 bridgehead atoms. The molecule has 0 fully saturated rings. The van der Waals surface area contributed by atoms with E-state index in [1.165, 1.54) is 13.5 Å². The molecular formula is C11H21N3O2S2. The molecule has 0 saturated heterocycles. The van der Waals surface area contributed by atoms with Crippen molar-refractivity contribution in [1.82, 2.24) is 8.61 Å². The van der Waals surface area contributed by atoms with Crippen LogP contribution >= 0.6 is 11.3 Å². The lowest BCUT2D eigenvalue weighted by atomic mass is 10.3. The maximum absolute atomic E-state index is 12.1. The molecule has 0 unspecified atom stereocenters. The molecule has 1 rings (SSSR count). The smallest absolute Gasteiger partial charge is 0.281 e. The third-order valence-electron chi connectivity index (χ3n) is 2.72. The third-order valence-corrected chi connectivity index (χ3v) is 5.59. The van der Waals surface area contributed by atoms with Crippen LogP contribution in [0.2, 0.25) is 0 Å². The number of nitrogens with zero attached hydrogens (tertiary/aromatic N) is 2. The van der Waals surface area contributed by atoms with Gasteiger partial charge in [0, 0.05) is 32.1 Å². The molecule has 0 radical (unpaired) electrons. The molecule has 7 heteroatoms.